The predicted molar refractivity (Wildman–Crippen MR) is 33.3 cm³/mol. The van der Waals surface area contributed by atoms with Crippen molar-refractivity contribution in [3.63, 3.8) is 0 Å². The fourth-order valence-electron chi connectivity index (χ4n) is 0.501. The summed E-state index contributed by atoms with van der Waals surface area (Å²) in [4.78, 5) is 0. The molecule has 1 atom stereocenters. The van der Waals surface area contributed by atoms with E-state index < -0.39 is 12.6 Å². The van der Waals surface area contributed by atoms with Gasteiger partial charge in [0.1, 0.15) is 0 Å². The maximum Gasteiger partial charge on any atom is 0.281 e. The van der Waals surface area contributed by atoms with Crippen LogP contribution in [0.4, 0.5) is 8.78 Å². The number of nitrogens with zero attached hydrogens (tertiary/aromatic N) is 3. The molecule has 0 saturated carbocycles. The molecule has 0 saturated heterocycles. The Bertz CT molecular complexity index is 181. The number of alkyl halides is 2. The van der Waals surface area contributed by atoms with Crippen molar-refractivity contribution in [1.82, 2.24) is 5.01 Å². The smallest absolute Gasteiger partial charge is 0.252 e. The zero-order valence-corrected chi connectivity index (χ0v) is 5.55. The van der Waals surface area contributed by atoms with Crippen molar-refractivity contribution in [2.45, 2.75) is 12.6 Å². The molecule has 56 valence electrons. The third kappa shape index (κ3) is 1.09. The van der Waals surface area contributed by atoms with Gasteiger partial charge in [-0.15, -0.1) is 5.11 Å². The second kappa shape index (κ2) is 2.51. The van der Waals surface area contributed by atoms with Crippen LogP contribution in [0, 0.1) is 0 Å². The molecule has 10 heavy (non-hydrogen) atoms. The molecule has 0 aliphatic carbocycles. The van der Waals surface area contributed by atoms with Gasteiger partial charge < -0.3 is 0 Å². The van der Waals surface area contributed by atoms with Crippen LogP contribution in [-0.4, -0.2) is 22.7 Å². The van der Waals surface area contributed by atoms with Crippen molar-refractivity contribution in [3.05, 3.63) is 0 Å². The van der Waals surface area contributed by atoms with E-state index in [0.717, 1.165) is 0 Å². The Morgan fingerprint density at radius 3 is 2.50 bits per heavy atom. The molecule has 7 heteroatoms. The van der Waals surface area contributed by atoms with E-state index in [-0.39, 0.29) is 5.11 Å². The highest BCUT2D eigenvalue weighted by molar-refractivity contribution is 7.80. The van der Waals surface area contributed by atoms with Crippen LogP contribution >= 0.6 is 12.2 Å². The van der Waals surface area contributed by atoms with E-state index >= 15 is 0 Å². The van der Waals surface area contributed by atoms with Gasteiger partial charge in [-0.2, -0.15) is 5.11 Å². The molecule has 0 aromatic heterocycles. The zero-order chi connectivity index (χ0) is 7.72. The molecule has 2 N–H and O–H groups in total. The highest BCUT2D eigenvalue weighted by atomic mass is 32.1. The number of nitrogens with two attached hydrogens (primary N) is 1. The summed E-state index contributed by atoms with van der Waals surface area (Å²) in [5.74, 6) is 5.05. The van der Waals surface area contributed by atoms with Crippen molar-refractivity contribution in [3.8, 4) is 0 Å². The highest BCUT2D eigenvalue weighted by Gasteiger charge is 2.31. The zero-order valence-electron chi connectivity index (χ0n) is 4.74. The van der Waals surface area contributed by atoms with E-state index in [9.17, 15) is 8.78 Å². The maximum absolute atomic E-state index is 11.8. The van der Waals surface area contributed by atoms with Gasteiger partial charge in [-0.3, -0.25) is 5.01 Å². The van der Waals surface area contributed by atoms with Crippen molar-refractivity contribution < 1.29 is 8.78 Å². The average Bonchev–Trinajstić information content (AvgIpc) is 2.14. The summed E-state index contributed by atoms with van der Waals surface area (Å²) in [6.07, 6.45) is -4.04. The summed E-state index contributed by atoms with van der Waals surface area (Å²) in [6, 6.07) is 0. The molecule has 4 nitrogen and oxygen atoms in total. The number of thiocarbonyl (C=S) groups is 1. The minimum Gasteiger partial charge on any atom is -0.252 e. The van der Waals surface area contributed by atoms with Crippen molar-refractivity contribution in [2.75, 3.05) is 0 Å². The van der Waals surface area contributed by atoms with Crippen LogP contribution in [0.2, 0.25) is 0 Å². The summed E-state index contributed by atoms with van der Waals surface area (Å²) in [5, 5.41) is 6.89. The van der Waals surface area contributed by atoms with Gasteiger partial charge in [-0.05, 0) is 12.2 Å². The van der Waals surface area contributed by atoms with Gasteiger partial charge in [0.2, 0.25) is 11.3 Å². The standard InChI is InChI=1S/C3H4F2N4S/c4-1(5)2-7-8-3(10)9(2)6/h1-2H,6H2. The normalized spacial score (nSPS) is 25.0. The van der Waals surface area contributed by atoms with Crippen molar-refractivity contribution in [2.24, 2.45) is 16.1 Å². The molecule has 0 radical (unpaired) electrons. The molecule has 1 aliphatic heterocycles. The molecular weight excluding hydrogens is 162 g/mol. The Balaban J connectivity index is 2.66. The van der Waals surface area contributed by atoms with Gasteiger partial charge >= 0.3 is 0 Å². The summed E-state index contributed by atoms with van der Waals surface area (Å²) in [5.41, 5.74) is 0. The number of azo groups is 1. The molecule has 1 rings (SSSR count). The average molecular weight is 166 g/mol. The first-order chi connectivity index (χ1) is 4.63. The monoisotopic (exact) mass is 166 g/mol. The first-order valence-electron chi connectivity index (χ1n) is 2.40. The largest absolute Gasteiger partial charge is 0.281 e. The van der Waals surface area contributed by atoms with Crippen molar-refractivity contribution in [1.29, 1.82) is 0 Å². The van der Waals surface area contributed by atoms with Crippen LogP contribution in [0.5, 0.6) is 0 Å². The van der Waals surface area contributed by atoms with Crippen LogP contribution < -0.4 is 5.84 Å². The number of halogens is 2. The lowest BCUT2D eigenvalue weighted by atomic mass is 10.5. The van der Waals surface area contributed by atoms with Crippen LogP contribution in [0.15, 0.2) is 10.2 Å². The van der Waals surface area contributed by atoms with Crippen molar-refractivity contribution >= 4 is 17.3 Å². The maximum atomic E-state index is 11.8. The summed E-state index contributed by atoms with van der Waals surface area (Å²) < 4.78 is 23.7. The first kappa shape index (κ1) is 7.42. The molecular formula is C3H4F2N4S. The molecule has 0 aromatic rings. The molecule has 0 amide bonds. The number of hydrogen-bond acceptors (Lipinski definition) is 3. The quantitative estimate of drug-likeness (QED) is 0.456. The van der Waals surface area contributed by atoms with Gasteiger partial charge in [0.25, 0.3) is 6.43 Å². The molecule has 0 spiro atoms. The molecule has 0 aromatic carbocycles. The Morgan fingerprint density at radius 2 is 2.30 bits per heavy atom. The lowest BCUT2D eigenvalue weighted by Crippen LogP contribution is -2.42. The second-order valence-corrected chi connectivity index (χ2v) is 2.02. The second-order valence-electron chi connectivity index (χ2n) is 1.65. The minimum absolute atomic E-state index is 0.106. The lowest BCUT2D eigenvalue weighted by molar-refractivity contribution is 0.0664. The van der Waals surface area contributed by atoms with E-state index in [1.165, 1.54) is 0 Å². The van der Waals surface area contributed by atoms with Gasteiger partial charge in [0, 0.05) is 0 Å². The van der Waals surface area contributed by atoms with Gasteiger partial charge in [-0.25, -0.2) is 14.6 Å². The van der Waals surface area contributed by atoms with Gasteiger partial charge in [-0.1, -0.05) is 0 Å². The fourth-order valence-corrected chi connectivity index (χ4v) is 0.656. The molecule has 1 heterocycles. The van der Waals surface area contributed by atoms with E-state index in [2.05, 4.69) is 22.4 Å². The predicted octanol–water partition coefficient (Wildman–Crippen LogP) is 0.504. The fraction of sp³-hybridized carbons (Fsp3) is 0.667. The van der Waals surface area contributed by atoms with Crippen LogP contribution in [0.3, 0.4) is 0 Å². The minimum atomic E-state index is -2.64. The van der Waals surface area contributed by atoms with Crippen LogP contribution in [0.25, 0.3) is 0 Å². The summed E-state index contributed by atoms with van der Waals surface area (Å²) in [6.45, 7) is 0. The number of hydrogen-bond donors (Lipinski definition) is 1. The third-order valence-electron chi connectivity index (χ3n) is 0.993. The molecule has 0 fully saturated rings. The number of hydrazine groups is 1. The molecule has 0 bridgehead atoms. The van der Waals surface area contributed by atoms with E-state index in [4.69, 9.17) is 5.84 Å². The Kier molecular flexibility index (Phi) is 1.86. The van der Waals surface area contributed by atoms with E-state index in [1.54, 1.807) is 0 Å². The number of rotatable bonds is 1. The van der Waals surface area contributed by atoms with E-state index in [1.807, 2.05) is 0 Å². The first-order valence-corrected chi connectivity index (χ1v) is 2.80. The van der Waals surface area contributed by atoms with Gasteiger partial charge in [0.05, 0.1) is 0 Å². The lowest BCUT2D eigenvalue weighted by Gasteiger charge is -2.14. The Morgan fingerprint density at radius 1 is 1.70 bits per heavy atom. The molecule has 1 aliphatic rings. The molecule has 1 unspecified atom stereocenters. The Hall–Kier alpha value is -0.690. The summed E-state index contributed by atoms with van der Waals surface area (Å²) >= 11 is 4.45. The SMILES string of the molecule is NN1C(=S)N=NC1C(F)F. The van der Waals surface area contributed by atoms with E-state index in [0.29, 0.717) is 5.01 Å². The Labute approximate surface area is 60.7 Å². The highest BCUT2D eigenvalue weighted by Crippen LogP contribution is 2.15. The third-order valence-corrected chi connectivity index (χ3v) is 1.29. The van der Waals surface area contributed by atoms with Gasteiger partial charge in [0.15, 0.2) is 0 Å². The van der Waals surface area contributed by atoms with Crippen LogP contribution in [0.1, 0.15) is 0 Å². The summed E-state index contributed by atoms with van der Waals surface area (Å²) in [7, 11) is 0. The van der Waals surface area contributed by atoms with Crippen LogP contribution in [-0.2, 0) is 0 Å². The topological polar surface area (TPSA) is 54.0 Å².